The molecule has 34 heavy (non-hydrogen) atoms. The summed E-state index contributed by atoms with van der Waals surface area (Å²) in [6, 6.07) is 14.9. The van der Waals surface area contributed by atoms with E-state index in [9.17, 15) is 14.4 Å². The van der Waals surface area contributed by atoms with Gasteiger partial charge in [0.15, 0.2) is 5.78 Å². The van der Waals surface area contributed by atoms with E-state index >= 15 is 0 Å². The zero-order valence-electron chi connectivity index (χ0n) is 19.5. The van der Waals surface area contributed by atoms with Crippen LogP contribution in [0, 0.1) is 35.5 Å². The normalized spacial score (nSPS) is 33.6. The van der Waals surface area contributed by atoms with Crippen LogP contribution in [0.1, 0.15) is 48.0 Å². The molecule has 174 valence electrons. The fraction of sp³-hybridized carbons (Fsp3) is 0.414. The first kappa shape index (κ1) is 21.3. The average Bonchev–Trinajstić information content (AvgIpc) is 3.79. The van der Waals surface area contributed by atoms with Crippen LogP contribution >= 0.6 is 0 Å². The molecule has 1 saturated heterocycles. The molecule has 1 aliphatic heterocycles. The maximum Gasteiger partial charge on any atom is 0.238 e. The van der Waals surface area contributed by atoms with E-state index < -0.39 is 0 Å². The fourth-order valence-corrected chi connectivity index (χ4v) is 6.18. The van der Waals surface area contributed by atoms with Gasteiger partial charge in [-0.2, -0.15) is 0 Å². The molecule has 0 radical (unpaired) electrons. The lowest BCUT2D eigenvalue weighted by atomic mass is 9.75. The van der Waals surface area contributed by atoms with E-state index in [2.05, 4.69) is 19.1 Å². The number of fused-ring (bicyclic) bond motifs is 1. The minimum atomic E-state index is -0.232. The van der Waals surface area contributed by atoms with E-state index in [-0.39, 0.29) is 47.2 Å². The Kier molecular flexibility index (Phi) is 4.98. The van der Waals surface area contributed by atoms with E-state index in [0.29, 0.717) is 29.5 Å². The number of amides is 2. The van der Waals surface area contributed by atoms with E-state index in [4.69, 9.17) is 4.74 Å². The second-order valence-corrected chi connectivity index (χ2v) is 10.4. The van der Waals surface area contributed by atoms with Gasteiger partial charge in [-0.05, 0) is 84.9 Å². The van der Waals surface area contributed by atoms with Gasteiger partial charge < -0.3 is 4.74 Å². The second kappa shape index (κ2) is 7.93. The number of allylic oxidation sites excluding steroid dienone is 2. The number of anilines is 1. The van der Waals surface area contributed by atoms with E-state index in [1.165, 1.54) is 4.90 Å². The van der Waals surface area contributed by atoms with Gasteiger partial charge in [-0.1, -0.05) is 31.2 Å². The number of ketones is 1. The molecular formula is C29H29NO4. The maximum atomic E-state index is 13.4. The summed E-state index contributed by atoms with van der Waals surface area (Å²) in [6.45, 7) is 2.23. The molecule has 2 amide bonds. The standard InChI is InChI=1S/C29H29NO4/c1-16-14-23(16)21-4-3-5-22-26(21)29(33)30(28(22)32)19-10-6-17(7-11-19)24-15-25(24)27(31)18-8-12-20(34-2)13-9-18/h3-4,6-13,16,21-26H,5,14-15H2,1-2H3/t16-,21?,22?,23+,24?,25?,26?/m1/s1. The van der Waals surface area contributed by atoms with Crippen LogP contribution < -0.4 is 9.64 Å². The van der Waals surface area contributed by atoms with Crippen LogP contribution in [-0.4, -0.2) is 24.7 Å². The molecule has 3 aliphatic carbocycles. The van der Waals surface area contributed by atoms with Crippen LogP contribution in [-0.2, 0) is 9.59 Å². The molecule has 5 heteroatoms. The third-order valence-electron chi connectivity index (χ3n) is 8.39. The van der Waals surface area contributed by atoms with Crippen LogP contribution in [0.4, 0.5) is 5.69 Å². The van der Waals surface area contributed by atoms with Crippen molar-refractivity contribution in [2.75, 3.05) is 12.0 Å². The summed E-state index contributed by atoms with van der Waals surface area (Å²) in [6.07, 6.45) is 6.90. The van der Waals surface area contributed by atoms with Crippen molar-refractivity contribution in [1.29, 1.82) is 0 Å². The summed E-state index contributed by atoms with van der Waals surface area (Å²) in [5, 5.41) is 0. The lowest BCUT2D eigenvalue weighted by Crippen LogP contribution is -2.32. The Morgan fingerprint density at radius 2 is 1.65 bits per heavy atom. The van der Waals surface area contributed by atoms with Gasteiger partial charge >= 0.3 is 0 Å². The summed E-state index contributed by atoms with van der Waals surface area (Å²) in [4.78, 5) is 40.9. The highest BCUT2D eigenvalue weighted by atomic mass is 16.5. The Morgan fingerprint density at radius 3 is 2.29 bits per heavy atom. The Balaban J connectivity index is 1.16. The lowest BCUT2D eigenvalue weighted by molar-refractivity contribution is -0.122. The van der Waals surface area contributed by atoms with Crippen molar-refractivity contribution < 1.29 is 19.1 Å². The number of hydrogen-bond acceptors (Lipinski definition) is 4. The molecule has 0 bridgehead atoms. The van der Waals surface area contributed by atoms with E-state index in [1.807, 2.05) is 48.5 Å². The van der Waals surface area contributed by atoms with Gasteiger partial charge in [-0.3, -0.25) is 19.3 Å². The van der Waals surface area contributed by atoms with Crippen LogP contribution in [0.25, 0.3) is 0 Å². The number of ether oxygens (including phenoxy) is 1. The molecule has 0 N–H and O–H groups in total. The largest absolute Gasteiger partial charge is 0.497 e. The van der Waals surface area contributed by atoms with Crippen LogP contribution in [0.2, 0.25) is 0 Å². The summed E-state index contributed by atoms with van der Waals surface area (Å²) < 4.78 is 5.17. The van der Waals surface area contributed by atoms with Gasteiger partial charge in [0, 0.05) is 11.5 Å². The SMILES string of the molecule is COc1ccc(C(=O)C2CC2c2ccc(N3C(=O)C4CC=CC([C@H]5C[C@H]5C)C4C3=O)cc2)cc1. The number of hydrogen-bond donors (Lipinski definition) is 0. The highest BCUT2D eigenvalue weighted by Crippen LogP contribution is 2.53. The third kappa shape index (κ3) is 3.41. The maximum absolute atomic E-state index is 13.4. The summed E-state index contributed by atoms with van der Waals surface area (Å²) in [5.74, 6) is 1.83. The molecule has 0 spiro atoms. The molecule has 7 atom stereocenters. The Bertz CT molecular complexity index is 1180. The highest BCUT2D eigenvalue weighted by molar-refractivity contribution is 6.22. The quantitative estimate of drug-likeness (QED) is 0.349. The first-order valence-electron chi connectivity index (χ1n) is 12.3. The van der Waals surface area contributed by atoms with Crippen molar-refractivity contribution in [3.05, 3.63) is 71.8 Å². The van der Waals surface area contributed by atoms with Gasteiger partial charge in [-0.25, -0.2) is 0 Å². The number of carbonyl (C=O) groups is 3. The Morgan fingerprint density at radius 1 is 0.941 bits per heavy atom. The van der Waals surface area contributed by atoms with Crippen LogP contribution in [0.15, 0.2) is 60.7 Å². The molecule has 2 aromatic rings. The summed E-state index contributed by atoms with van der Waals surface area (Å²) in [7, 11) is 1.61. The molecule has 5 nitrogen and oxygen atoms in total. The van der Waals surface area contributed by atoms with E-state index in [1.54, 1.807) is 7.11 Å². The Labute approximate surface area is 199 Å². The second-order valence-electron chi connectivity index (χ2n) is 10.4. The topological polar surface area (TPSA) is 63.7 Å². The van der Waals surface area contributed by atoms with Gasteiger partial charge in [0.25, 0.3) is 0 Å². The predicted molar refractivity (Wildman–Crippen MR) is 129 cm³/mol. The number of imide groups is 1. The lowest BCUT2D eigenvalue weighted by Gasteiger charge is -2.26. The number of Topliss-reactive ketones (excluding diaryl/α,β-unsaturated/α-hetero) is 1. The molecule has 0 aromatic heterocycles. The van der Waals surface area contributed by atoms with Crippen molar-refractivity contribution in [3.63, 3.8) is 0 Å². The molecule has 4 aliphatic rings. The monoisotopic (exact) mass is 455 g/mol. The first-order chi connectivity index (χ1) is 16.5. The molecule has 2 aromatic carbocycles. The molecule has 2 saturated carbocycles. The average molecular weight is 456 g/mol. The molecule has 1 heterocycles. The molecule has 5 unspecified atom stereocenters. The number of carbonyl (C=O) groups excluding carboxylic acids is 3. The minimum absolute atomic E-state index is 0.0236. The fourth-order valence-electron chi connectivity index (χ4n) is 6.18. The van der Waals surface area contributed by atoms with Crippen molar-refractivity contribution in [2.24, 2.45) is 35.5 Å². The van der Waals surface area contributed by atoms with Crippen LogP contribution in [0.5, 0.6) is 5.75 Å². The van der Waals surface area contributed by atoms with Crippen molar-refractivity contribution in [3.8, 4) is 5.75 Å². The highest BCUT2D eigenvalue weighted by Gasteiger charge is 2.56. The number of benzene rings is 2. The van der Waals surface area contributed by atoms with Crippen molar-refractivity contribution >= 4 is 23.3 Å². The molecule has 3 fully saturated rings. The number of rotatable bonds is 6. The van der Waals surface area contributed by atoms with Gasteiger partial charge in [0.2, 0.25) is 11.8 Å². The Hall–Kier alpha value is -3.21. The van der Waals surface area contributed by atoms with Gasteiger partial charge in [0.1, 0.15) is 5.75 Å². The summed E-state index contributed by atoms with van der Waals surface area (Å²) in [5.41, 5.74) is 2.43. The smallest absolute Gasteiger partial charge is 0.238 e. The number of nitrogens with zero attached hydrogens (tertiary/aromatic N) is 1. The minimum Gasteiger partial charge on any atom is -0.497 e. The van der Waals surface area contributed by atoms with Gasteiger partial charge in [0.05, 0.1) is 24.6 Å². The summed E-state index contributed by atoms with van der Waals surface area (Å²) >= 11 is 0. The third-order valence-corrected chi connectivity index (χ3v) is 8.39. The zero-order chi connectivity index (χ0) is 23.6. The van der Waals surface area contributed by atoms with Crippen molar-refractivity contribution in [1.82, 2.24) is 0 Å². The molecular weight excluding hydrogens is 426 g/mol. The van der Waals surface area contributed by atoms with Gasteiger partial charge in [-0.15, -0.1) is 0 Å². The van der Waals surface area contributed by atoms with Crippen LogP contribution in [0.3, 0.4) is 0 Å². The van der Waals surface area contributed by atoms with E-state index in [0.717, 1.165) is 24.2 Å². The zero-order valence-corrected chi connectivity index (χ0v) is 19.5. The molecule has 6 rings (SSSR count). The predicted octanol–water partition coefficient (Wildman–Crippen LogP) is 5.02. The number of methoxy groups -OCH3 is 1. The first-order valence-corrected chi connectivity index (χ1v) is 12.3. The van der Waals surface area contributed by atoms with Crippen molar-refractivity contribution in [2.45, 2.75) is 32.1 Å².